The summed E-state index contributed by atoms with van der Waals surface area (Å²) in [6.45, 7) is 0.0181. The van der Waals surface area contributed by atoms with Crippen LogP contribution in [0.15, 0.2) is 0 Å². The lowest BCUT2D eigenvalue weighted by Crippen LogP contribution is -2.49. The number of carboxylic acids is 1. The lowest BCUT2D eigenvalue weighted by molar-refractivity contribution is -0.143. The van der Waals surface area contributed by atoms with Crippen LogP contribution in [-0.4, -0.2) is 47.3 Å². The summed E-state index contributed by atoms with van der Waals surface area (Å²) >= 11 is 0. The number of hydrogen-bond acceptors (Lipinski definition) is 2. The van der Waals surface area contributed by atoms with Gasteiger partial charge in [-0.05, 0) is 19.8 Å². The molecule has 1 aliphatic rings. The molecule has 110 valence electrons. The molecule has 8 heteroatoms. The van der Waals surface area contributed by atoms with Gasteiger partial charge >= 0.3 is 18.2 Å². The predicted octanol–water partition coefficient (Wildman–Crippen LogP) is 1.83. The highest BCUT2D eigenvalue weighted by molar-refractivity contribution is 5.77. The Morgan fingerprint density at radius 1 is 1.37 bits per heavy atom. The Kier molecular flexibility index (Phi) is 5.02. The summed E-state index contributed by atoms with van der Waals surface area (Å²) in [7, 11) is 0. The summed E-state index contributed by atoms with van der Waals surface area (Å²) in [6, 6.07) is -1.45. The van der Waals surface area contributed by atoms with Gasteiger partial charge in [-0.25, -0.2) is 4.79 Å². The van der Waals surface area contributed by atoms with E-state index in [0.29, 0.717) is 24.2 Å². The van der Waals surface area contributed by atoms with Gasteiger partial charge in [-0.15, -0.1) is 0 Å². The van der Waals surface area contributed by atoms with E-state index in [-0.39, 0.29) is 6.54 Å². The average molecular weight is 282 g/mol. The van der Waals surface area contributed by atoms with Crippen LogP contribution in [0.5, 0.6) is 0 Å². The van der Waals surface area contributed by atoms with Gasteiger partial charge in [0, 0.05) is 12.6 Å². The largest absolute Gasteiger partial charge is 0.481 e. The molecule has 0 saturated heterocycles. The van der Waals surface area contributed by atoms with Crippen LogP contribution in [0.3, 0.4) is 0 Å². The lowest BCUT2D eigenvalue weighted by atomic mass is 10.0. The molecule has 0 heterocycles. The van der Waals surface area contributed by atoms with Crippen molar-refractivity contribution < 1.29 is 27.9 Å². The molecule has 0 aliphatic heterocycles. The zero-order chi connectivity index (χ0) is 14.6. The van der Waals surface area contributed by atoms with Crippen LogP contribution in [-0.2, 0) is 4.79 Å². The van der Waals surface area contributed by atoms with Crippen molar-refractivity contribution in [2.45, 2.75) is 38.4 Å². The van der Waals surface area contributed by atoms with Crippen molar-refractivity contribution in [3.05, 3.63) is 0 Å². The van der Waals surface area contributed by atoms with Gasteiger partial charge in [0.25, 0.3) is 0 Å². The van der Waals surface area contributed by atoms with E-state index in [9.17, 15) is 22.8 Å². The summed E-state index contributed by atoms with van der Waals surface area (Å²) in [5, 5.41) is 11.3. The summed E-state index contributed by atoms with van der Waals surface area (Å²) in [4.78, 5) is 23.2. The quantitative estimate of drug-likeness (QED) is 0.826. The Labute approximate surface area is 108 Å². The number of hydrogen-bond donors (Lipinski definition) is 2. The first-order valence-electron chi connectivity index (χ1n) is 6.09. The number of carbonyl (C=O) groups is 2. The molecular formula is C11H17F3N2O3. The molecule has 1 aliphatic carbocycles. The van der Waals surface area contributed by atoms with Gasteiger partial charge in [0.15, 0.2) is 0 Å². The number of urea groups is 1. The third-order valence-corrected chi connectivity index (χ3v) is 3.18. The third-order valence-electron chi connectivity index (χ3n) is 3.18. The van der Waals surface area contributed by atoms with Crippen molar-refractivity contribution in [2.75, 3.05) is 13.1 Å². The van der Waals surface area contributed by atoms with Crippen LogP contribution >= 0.6 is 0 Å². The molecule has 1 rings (SSSR count). The molecule has 0 aromatic rings. The second-order valence-electron chi connectivity index (χ2n) is 4.56. The van der Waals surface area contributed by atoms with E-state index >= 15 is 0 Å². The first-order valence-corrected chi connectivity index (χ1v) is 6.09. The monoisotopic (exact) mass is 282 g/mol. The number of halogens is 3. The van der Waals surface area contributed by atoms with E-state index in [0.717, 1.165) is 0 Å². The molecule has 2 N–H and O–H groups in total. The van der Waals surface area contributed by atoms with Crippen molar-refractivity contribution in [1.29, 1.82) is 0 Å². The lowest BCUT2D eigenvalue weighted by Gasteiger charge is -2.26. The molecule has 1 saturated carbocycles. The molecule has 0 bridgehead atoms. The Morgan fingerprint density at radius 3 is 2.47 bits per heavy atom. The summed E-state index contributed by atoms with van der Waals surface area (Å²) in [6.07, 6.45) is -2.90. The Morgan fingerprint density at radius 2 is 2.00 bits per heavy atom. The SMILES string of the molecule is CCN(CC(F)(F)F)C(=O)NC1CCCC1C(=O)O. The normalized spacial score (nSPS) is 23.2. The molecule has 0 aromatic carbocycles. The fourth-order valence-corrected chi connectivity index (χ4v) is 2.22. The maximum Gasteiger partial charge on any atom is 0.406 e. The minimum Gasteiger partial charge on any atom is -0.481 e. The summed E-state index contributed by atoms with van der Waals surface area (Å²) in [5.74, 6) is -1.74. The molecule has 2 atom stereocenters. The van der Waals surface area contributed by atoms with Gasteiger partial charge in [0.1, 0.15) is 6.54 Å². The fraction of sp³-hybridized carbons (Fsp3) is 0.818. The molecule has 2 amide bonds. The minimum atomic E-state index is -4.46. The smallest absolute Gasteiger partial charge is 0.406 e. The average Bonchev–Trinajstić information content (AvgIpc) is 2.72. The Balaban J connectivity index is 2.59. The van der Waals surface area contributed by atoms with E-state index in [1.165, 1.54) is 6.92 Å². The number of carbonyl (C=O) groups excluding carboxylic acids is 1. The predicted molar refractivity (Wildman–Crippen MR) is 60.6 cm³/mol. The molecular weight excluding hydrogens is 265 g/mol. The van der Waals surface area contributed by atoms with Crippen molar-refractivity contribution in [1.82, 2.24) is 10.2 Å². The Hall–Kier alpha value is -1.47. The molecule has 0 aromatic heterocycles. The fourth-order valence-electron chi connectivity index (χ4n) is 2.22. The second kappa shape index (κ2) is 6.12. The minimum absolute atomic E-state index is 0.0875. The van der Waals surface area contributed by atoms with Gasteiger partial charge in [-0.2, -0.15) is 13.2 Å². The van der Waals surface area contributed by atoms with Gasteiger partial charge < -0.3 is 15.3 Å². The van der Waals surface area contributed by atoms with Crippen molar-refractivity contribution >= 4 is 12.0 Å². The van der Waals surface area contributed by atoms with Crippen LogP contribution in [0.2, 0.25) is 0 Å². The topological polar surface area (TPSA) is 69.6 Å². The summed E-state index contributed by atoms with van der Waals surface area (Å²) in [5.41, 5.74) is 0. The van der Waals surface area contributed by atoms with E-state index in [1.807, 2.05) is 0 Å². The van der Waals surface area contributed by atoms with Crippen LogP contribution < -0.4 is 5.32 Å². The van der Waals surface area contributed by atoms with E-state index in [4.69, 9.17) is 5.11 Å². The highest BCUT2D eigenvalue weighted by atomic mass is 19.4. The van der Waals surface area contributed by atoms with E-state index in [2.05, 4.69) is 5.32 Å². The number of amides is 2. The van der Waals surface area contributed by atoms with Gasteiger partial charge in [0.2, 0.25) is 0 Å². The Bertz CT molecular complexity index is 347. The number of alkyl halides is 3. The first-order chi connectivity index (χ1) is 8.74. The standard InChI is InChI=1S/C11H17F3N2O3/c1-2-16(6-11(12,13)14)10(19)15-8-5-3-4-7(8)9(17)18/h7-8H,2-6H2,1H3,(H,15,19)(H,17,18). The number of nitrogens with one attached hydrogen (secondary N) is 1. The van der Waals surface area contributed by atoms with E-state index in [1.54, 1.807) is 0 Å². The molecule has 0 radical (unpaired) electrons. The van der Waals surface area contributed by atoms with Crippen LogP contribution in [0.4, 0.5) is 18.0 Å². The first kappa shape index (κ1) is 15.6. The number of aliphatic carboxylic acids is 1. The highest BCUT2D eigenvalue weighted by Gasteiger charge is 2.37. The molecule has 19 heavy (non-hydrogen) atoms. The third kappa shape index (κ3) is 4.60. The van der Waals surface area contributed by atoms with Crippen LogP contribution in [0.1, 0.15) is 26.2 Å². The molecule has 0 spiro atoms. The van der Waals surface area contributed by atoms with Crippen molar-refractivity contribution in [3.63, 3.8) is 0 Å². The van der Waals surface area contributed by atoms with Crippen LogP contribution in [0.25, 0.3) is 0 Å². The van der Waals surface area contributed by atoms with Gasteiger partial charge in [-0.1, -0.05) is 6.42 Å². The molecule has 2 unspecified atom stereocenters. The highest BCUT2D eigenvalue weighted by Crippen LogP contribution is 2.26. The van der Waals surface area contributed by atoms with Crippen molar-refractivity contribution in [2.24, 2.45) is 5.92 Å². The molecule has 1 fully saturated rings. The zero-order valence-electron chi connectivity index (χ0n) is 10.5. The zero-order valence-corrected chi connectivity index (χ0v) is 10.5. The van der Waals surface area contributed by atoms with Gasteiger partial charge in [0.05, 0.1) is 5.92 Å². The van der Waals surface area contributed by atoms with Crippen molar-refractivity contribution in [3.8, 4) is 0 Å². The van der Waals surface area contributed by atoms with Crippen LogP contribution in [0, 0.1) is 5.92 Å². The number of rotatable bonds is 4. The second-order valence-corrected chi connectivity index (χ2v) is 4.56. The molecule has 5 nitrogen and oxygen atoms in total. The summed E-state index contributed by atoms with van der Waals surface area (Å²) < 4.78 is 36.8. The number of nitrogens with zero attached hydrogens (tertiary/aromatic N) is 1. The van der Waals surface area contributed by atoms with Gasteiger partial charge in [-0.3, -0.25) is 4.79 Å². The number of carboxylic acid groups (broad SMARTS) is 1. The van der Waals surface area contributed by atoms with E-state index < -0.39 is 36.7 Å². The maximum atomic E-state index is 12.3. The maximum absolute atomic E-state index is 12.3.